The minimum Gasteiger partial charge on any atom is -0.457 e. The SMILES string of the molecule is CCC1CC(c2ccc(Oc3ccccc3)cc2)=CCN1Cc1ccccc1. The summed E-state index contributed by atoms with van der Waals surface area (Å²) in [5, 5.41) is 0. The molecule has 0 amide bonds. The molecule has 28 heavy (non-hydrogen) atoms. The molecular weight excluding hydrogens is 342 g/mol. The summed E-state index contributed by atoms with van der Waals surface area (Å²) in [7, 11) is 0. The summed E-state index contributed by atoms with van der Waals surface area (Å²) in [4.78, 5) is 2.59. The Kier molecular flexibility index (Phi) is 5.89. The summed E-state index contributed by atoms with van der Waals surface area (Å²) in [5.74, 6) is 1.75. The highest BCUT2D eigenvalue weighted by molar-refractivity contribution is 5.67. The van der Waals surface area contributed by atoms with Gasteiger partial charge in [-0.3, -0.25) is 4.90 Å². The Labute approximate surface area is 168 Å². The zero-order chi connectivity index (χ0) is 19.2. The average Bonchev–Trinajstić information content (AvgIpc) is 2.76. The lowest BCUT2D eigenvalue weighted by molar-refractivity contribution is 0.198. The molecule has 1 unspecified atom stereocenters. The standard InChI is InChI=1S/C26H27NO/c1-2-24-19-23(17-18-27(24)20-21-9-5-3-6-10-21)22-13-15-26(16-14-22)28-25-11-7-4-8-12-25/h3-17,24H,2,18-20H2,1H3. The van der Waals surface area contributed by atoms with E-state index in [1.807, 2.05) is 30.3 Å². The van der Waals surface area contributed by atoms with Crippen molar-refractivity contribution in [2.75, 3.05) is 6.54 Å². The predicted octanol–water partition coefficient (Wildman–Crippen LogP) is 6.55. The van der Waals surface area contributed by atoms with Crippen LogP contribution in [-0.2, 0) is 6.54 Å². The van der Waals surface area contributed by atoms with Gasteiger partial charge in [0.2, 0.25) is 0 Å². The van der Waals surface area contributed by atoms with Gasteiger partial charge in [0.05, 0.1) is 0 Å². The highest BCUT2D eigenvalue weighted by Gasteiger charge is 2.22. The Morgan fingerprint density at radius 2 is 1.46 bits per heavy atom. The third-order valence-electron chi connectivity index (χ3n) is 5.45. The van der Waals surface area contributed by atoms with Gasteiger partial charge in [-0.1, -0.05) is 73.7 Å². The van der Waals surface area contributed by atoms with E-state index in [0.717, 1.165) is 31.0 Å². The van der Waals surface area contributed by atoms with E-state index in [2.05, 4.69) is 72.5 Å². The maximum Gasteiger partial charge on any atom is 0.127 e. The Hall–Kier alpha value is -2.84. The molecule has 4 rings (SSSR count). The minimum atomic E-state index is 0.584. The van der Waals surface area contributed by atoms with Gasteiger partial charge in [-0.2, -0.15) is 0 Å². The van der Waals surface area contributed by atoms with E-state index in [1.54, 1.807) is 0 Å². The Morgan fingerprint density at radius 3 is 2.14 bits per heavy atom. The molecule has 142 valence electrons. The molecule has 0 spiro atoms. The van der Waals surface area contributed by atoms with Crippen molar-refractivity contribution in [3.63, 3.8) is 0 Å². The van der Waals surface area contributed by atoms with Crippen molar-refractivity contribution in [2.45, 2.75) is 32.4 Å². The van der Waals surface area contributed by atoms with Crippen LogP contribution >= 0.6 is 0 Å². The van der Waals surface area contributed by atoms with Gasteiger partial charge in [0.15, 0.2) is 0 Å². The van der Waals surface area contributed by atoms with Crippen LogP contribution in [0, 0.1) is 0 Å². The van der Waals surface area contributed by atoms with E-state index in [-0.39, 0.29) is 0 Å². The van der Waals surface area contributed by atoms with Crippen LogP contribution in [0.5, 0.6) is 11.5 Å². The van der Waals surface area contributed by atoms with Crippen LogP contribution in [0.15, 0.2) is 91.0 Å². The van der Waals surface area contributed by atoms with Crippen molar-refractivity contribution in [1.29, 1.82) is 0 Å². The Bertz CT molecular complexity index is 900. The van der Waals surface area contributed by atoms with Gasteiger partial charge in [0, 0.05) is 19.1 Å². The normalized spacial score (nSPS) is 17.2. The number of hydrogen-bond acceptors (Lipinski definition) is 2. The van der Waals surface area contributed by atoms with Gasteiger partial charge < -0.3 is 4.74 Å². The van der Waals surface area contributed by atoms with Crippen LogP contribution < -0.4 is 4.74 Å². The molecule has 2 nitrogen and oxygen atoms in total. The smallest absolute Gasteiger partial charge is 0.127 e. The van der Waals surface area contributed by atoms with Crippen molar-refractivity contribution >= 4 is 5.57 Å². The molecule has 3 aromatic rings. The van der Waals surface area contributed by atoms with Crippen LogP contribution in [0.2, 0.25) is 0 Å². The van der Waals surface area contributed by atoms with Gasteiger partial charge >= 0.3 is 0 Å². The molecule has 0 N–H and O–H groups in total. The predicted molar refractivity (Wildman–Crippen MR) is 116 cm³/mol. The summed E-state index contributed by atoms with van der Waals surface area (Å²) in [6.45, 7) is 4.32. The number of rotatable bonds is 6. The van der Waals surface area contributed by atoms with Crippen molar-refractivity contribution in [3.8, 4) is 11.5 Å². The molecule has 0 radical (unpaired) electrons. The fraction of sp³-hybridized carbons (Fsp3) is 0.231. The van der Waals surface area contributed by atoms with Crippen LogP contribution in [-0.4, -0.2) is 17.5 Å². The van der Waals surface area contributed by atoms with Crippen molar-refractivity contribution < 1.29 is 4.74 Å². The molecule has 1 atom stereocenters. The molecule has 0 saturated heterocycles. The third kappa shape index (κ3) is 4.52. The molecule has 2 heteroatoms. The van der Waals surface area contributed by atoms with Gasteiger partial charge in [-0.05, 0) is 53.8 Å². The quantitative estimate of drug-likeness (QED) is 0.489. The zero-order valence-corrected chi connectivity index (χ0v) is 16.4. The number of nitrogens with zero attached hydrogens (tertiary/aromatic N) is 1. The fourth-order valence-electron chi connectivity index (χ4n) is 3.85. The van der Waals surface area contributed by atoms with E-state index in [9.17, 15) is 0 Å². The molecule has 0 bridgehead atoms. The lowest BCUT2D eigenvalue weighted by Gasteiger charge is -2.35. The number of para-hydroxylation sites is 1. The number of hydrogen-bond donors (Lipinski definition) is 0. The first-order chi connectivity index (χ1) is 13.8. The second kappa shape index (κ2) is 8.90. The largest absolute Gasteiger partial charge is 0.457 e. The summed E-state index contributed by atoms with van der Waals surface area (Å²) in [6, 6.07) is 29.8. The first-order valence-electron chi connectivity index (χ1n) is 10.1. The van der Waals surface area contributed by atoms with E-state index in [1.165, 1.54) is 23.1 Å². The third-order valence-corrected chi connectivity index (χ3v) is 5.45. The molecular formula is C26H27NO. The molecule has 3 aromatic carbocycles. The second-order valence-electron chi connectivity index (χ2n) is 7.35. The van der Waals surface area contributed by atoms with E-state index in [4.69, 9.17) is 4.74 Å². The first-order valence-corrected chi connectivity index (χ1v) is 10.1. The topological polar surface area (TPSA) is 12.5 Å². The zero-order valence-electron chi connectivity index (χ0n) is 16.4. The summed E-state index contributed by atoms with van der Waals surface area (Å²) < 4.78 is 5.92. The monoisotopic (exact) mass is 369 g/mol. The molecule has 1 aliphatic rings. The highest BCUT2D eigenvalue weighted by Crippen LogP contribution is 2.30. The molecule has 1 heterocycles. The fourth-order valence-corrected chi connectivity index (χ4v) is 3.85. The molecule has 0 saturated carbocycles. The van der Waals surface area contributed by atoms with Gasteiger partial charge in [0.1, 0.15) is 11.5 Å². The summed E-state index contributed by atoms with van der Waals surface area (Å²) in [6.07, 6.45) is 4.66. The van der Waals surface area contributed by atoms with Crippen LogP contribution in [0.3, 0.4) is 0 Å². The number of ether oxygens (including phenoxy) is 1. The van der Waals surface area contributed by atoms with Crippen LogP contribution in [0.25, 0.3) is 5.57 Å². The van der Waals surface area contributed by atoms with E-state index < -0.39 is 0 Å². The van der Waals surface area contributed by atoms with Crippen LogP contribution in [0.1, 0.15) is 30.9 Å². The van der Waals surface area contributed by atoms with Gasteiger partial charge in [0.25, 0.3) is 0 Å². The van der Waals surface area contributed by atoms with E-state index >= 15 is 0 Å². The maximum atomic E-state index is 5.92. The molecule has 0 aliphatic carbocycles. The molecule has 0 fully saturated rings. The highest BCUT2D eigenvalue weighted by atomic mass is 16.5. The van der Waals surface area contributed by atoms with Crippen molar-refractivity contribution in [3.05, 3.63) is 102 Å². The number of benzene rings is 3. The minimum absolute atomic E-state index is 0.584. The second-order valence-corrected chi connectivity index (χ2v) is 7.35. The van der Waals surface area contributed by atoms with Gasteiger partial charge in [-0.15, -0.1) is 0 Å². The van der Waals surface area contributed by atoms with Crippen LogP contribution in [0.4, 0.5) is 0 Å². The summed E-state index contributed by atoms with van der Waals surface area (Å²) in [5.41, 5.74) is 4.14. The van der Waals surface area contributed by atoms with Crippen molar-refractivity contribution in [1.82, 2.24) is 4.90 Å². The van der Waals surface area contributed by atoms with Crippen molar-refractivity contribution in [2.24, 2.45) is 0 Å². The first kappa shape index (κ1) is 18.5. The lowest BCUT2D eigenvalue weighted by Crippen LogP contribution is -2.37. The maximum absolute atomic E-state index is 5.92. The van der Waals surface area contributed by atoms with E-state index in [0.29, 0.717) is 6.04 Å². The molecule has 0 aromatic heterocycles. The average molecular weight is 370 g/mol. The molecule has 1 aliphatic heterocycles. The van der Waals surface area contributed by atoms with Gasteiger partial charge in [-0.25, -0.2) is 0 Å². The lowest BCUT2D eigenvalue weighted by atomic mass is 9.92. The summed E-state index contributed by atoms with van der Waals surface area (Å²) >= 11 is 0. The Balaban J connectivity index is 1.44. The Morgan fingerprint density at radius 1 is 0.821 bits per heavy atom.